The number of unbranched alkanes of at least 4 members (excludes halogenated alkanes) is 1. The summed E-state index contributed by atoms with van der Waals surface area (Å²) in [5, 5.41) is 31.5. The Morgan fingerprint density at radius 3 is 2.07 bits per heavy atom. The lowest BCUT2D eigenvalue weighted by Crippen LogP contribution is -2.59. The van der Waals surface area contributed by atoms with Crippen molar-refractivity contribution in [3.8, 4) is 0 Å². The highest BCUT2D eigenvalue weighted by Crippen LogP contribution is 2.08. The molecule has 1 fully saturated rings. The average Bonchev–Trinajstić information content (AvgIpc) is 2.95. The van der Waals surface area contributed by atoms with Crippen LogP contribution in [0.4, 0.5) is 0 Å². The number of aliphatic carboxylic acids is 1. The van der Waals surface area contributed by atoms with E-state index in [0.717, 1.165) is 0 Å². The van der Waals surface area contributed by atoms with Crippen LogP contribution < -0.4 is 43.4 Å². The minimum atomic E-state index is -2.06. The Kier molecular flexibility index (Phi) is 13.7. The second kappa shape index (κ2) is 17.2. The Morgan fingerprint density at radius 2 is 1.45 bits per heavy atom. The van der Waals surface area contributed by atoms with Gasteiger partial charge in [0.1, 0.15) is 18.1 Å². The molecule has 0 unspecified atom stereocenters. The number of hydrogen-bond donors (Lipinski definition) is 10. The second-order valence-corrected chi connectivity index (χ2v) is 9.70. The predicted molar refractivity (Wildman–Crippen MR) is 151 cm³/mol. The molecule has 0 bridgehead atoms. The van der Waals surface area contributed by atoms with Gasteiger partial charge in [-0.05, 0) is 44.2 Å². The molecule has 0 saturated carbocycles. The van der Waals surface area contributed by atoms with Crippen molar-refractivity contribution in [2.24, 2.45) is 11.5 Å². The fourth-order valence-electron chi connectivity index (χ4n) is 4.16. The molecule has 1 saturated heterocycles. The first-order valence-electron chi connectivity index (χ1n) is 13.5. The summed E-state index contributed by atoms with van der Waals surface area (Å²) < 4.78 is 0. The van der Waals surface area contributed by atoms with Gasteiger partial charge in [-0.1, -0.05) is 30.3 Å². The topological polar surface area (TPSA) is 271 Å². The highest BCUT2D eigenvalue weighted by Gasteiger charge is 2.34. The van der Waals surface area contributed by atoms with Crippen LogP contribution in [0.15, 0.2) is 30.3 Å². The molecule has 12 N–H and O–H groups in total. The number of guanidine groups is 1. The SMILES string of the molecule is N=C(N)NCCC[C@H]1NC(=O)[C@@H](CCCCN)NC(=O)[C@H](Cc2ccccc2)NC(=O)[C@@H](C(=O)O)NC(=O)CNC1=O. The van der Waals surface area contributed by atoms with Crippen LogP contribution in [-0.2, 0) is 35.2 Å². The molecule has 1 aromatic rings. The van der Waals surface area contributed by atoms with E-state index in [4.69, 9.17) is 16.9 Å². The molecule has 1 aromatic carbocycles. The van der Waals surface area contributed by atoms with Gasteiger partial charge in [0.15, 0.2) is 5.96 Å². The van der Waals surface area contributed by atoms with Crippen molar-refractivity contribution >= 4 is 41.5 Å². The Balaban J connectivity index is 2.41. The summed E-state index contributed by atoms with van der Waals surface area (Å²) in [5.41, 5.74) is 11.5. The number of hydrogen-bond acceptors (Lipinski definition) is 8. The molecule has 0 aliphatic carbocycles. The van der Waals surface area contributed by atoms with Gasteiger partial charge in [-0.2, -0.15) is 0 Å². The van der Waals surface area contributed by atoms with Crippen LogP contribution in [-0.4, -0.2) is 90.4 Å². The smallest absolute Gasteiger partial charge is 0.336 e. The van der Waals surface area contributed by atoms with E-state index in [1.807, 2.05) is 5.32 Å². The van der Waals surface area contributed by atoms with Gasteiger partial charge in [-0.25, -0.2) is 4.79 Å². The fourth-order valence-corrected chi connectivity index (χ4v) is 4.16. The zero-order chi connectivity index (χ0) is 31.1. The van der Waals surface area contributed by atoms with Crippen molar-refractivity contribution in [3.05, 3.63) is 35.9 Å². The number of carboxylic acid groups (broad SMARTS) is 1. The summed E-state index contributed by atoms with van der Waals surface area (Å²) >= 11 is 0. The number of rotatable bonds is 11. The molecule has 5 amide bonds. The lowest BCUT2D eigenvalue weighted by atomic mass is 10.0. The Labute approximate surface area is 242 Å². The van der Waals surface area contributed by atoms with Gasteiger partial charge in [-0.15, -0.1) is 0 Å². The average molecular weight is 590 g/mol. The lowest BCUT2D eigenvalue weighted by Gasteiger charge is -2.25. The van der Waals surface area contributed by atoms with Crippen LogP contribution >= 0.6 is 0 Å². The van der Waals surface area contributed by atoms with Crippen LogP contribution in [0.25, 0.3) is 0 Å². The Morgan fingerprint density at radius 1 is 0.857 bits per heavy atom. The number of benzene rings is 1. The third-order valence-electron chi connectivity index (χ3n) is 6.35. The van der Waals surface area contributed by atoms with E-state index in [1.54, 1.807) is 30.3 Å². The lowest BCUT2D eigenvalue weighted by molar-refractivity contribution is -0.147. The van der Waals surface area contributed by atoms with Crippen LogP contribution in [0.5, 0.6) is 0 Å². The van der Waals surface area contributed by atoms with E-state index in [0.29, 0.717) is 31.4 Å². The maximum atomic E-state index is 13.5. The fraction of sp³-hybridized carbons (Fsp3) is 0.500. The molecule has 42 heavy (non-hydrogen) atoms. The van der Waals surface area contributed by atoms with E-state index in [9.17, 15) is 33.9 Å². The molecule has 1 aliphatic heterocycles. The third-order valence-corrected chi connectivity index (χ3v) is 6.35. The van der Waals surface area contributed by atoms with E-state index >= 15 is 0 Å². The van der Waals surface area contributed by atoms with E-state index in [-0.39, 0.29) is 31.8 Å². The first-order valence-corrected chi connectivity index (χ1v) is 13.5. The van der Waals surface area contributed by atoms with Crippen molar-refractivity contribution in [2.45, 2.75) is 62.7 Å². The molecule has 1 aliphatic rings. The van der Waals surface area contributed by atoms with Gasteiger partial charge in [0, 0.05) is 13.0 Å². The highest BCUT2D eigenvalue weighted by atomic mass is 16.4. The van der Waals surface area contributed by atoms with Gasteiger partial charge < -0.3 is 48.5 Å². The molecule has 16 heteroatoms. The number of carbonyl (C=O) groups is 6. The molecule has 0 spiro atoms. The van der Waals surface area contributed by atoms with E-state index < -0.39 is 66.2 Å². The zero-order valence-electron chi connectivity index (χ0n) is 23.1. The summed E-state index contributed by atoms with van der Waals surface area (Å²) in [5.74, 6) is -6.28. The second-order valence-electron chi connectivity index (χ2n) is 9.70. The first kappa shape index (κ1) is 33.5. The summed E-state index contributed by atoms with van der Waals surface area (Å²) in [6, 6.07) is 3.00. The molecule has 16 nitrogen and oxygen atoms in total. The summed E-state index contributed by atoms with van der Waals surface area (Å²) in [6.07, 6.45) is 1.52. The van der Waals surface area contributed by atoms with Crippen molar-refractivity contribution in [1.29, 1.82) is 5.41 Å². The number of carboxylic acids is 1. The summed E-state index contributed by atoms with van der Waals surface area (Å²) in [7, 11) is 0. The van der Waals surface area contributed by atoms with Gasteiger partial charge in [0.2, 0.25) is 29.7 Å². The van der Waals surface area contributed by atoms with Crippen LogP contribution in [0.2, 0.25) is 0 Å². The molecule has 4 atom stereocenters. The number of nitrogens with two attached hydrogens (primary N) is 2. The quantitative estimate of drug-likeness (QED) is 0.0533. The highest BCUT2D eigenvalue weighted by molar-refractivity contribution is 6.06. The largest absolute Gasteiger partial charge is 0.479 e. The monoisotopic (exact) mass is 589 g/mol. The molecular weight excluding hydrogens is 550 g/mol. The number of carbonyl (C=O) groups excluding carboxylic acids is 5. The molecule has 1 heterocycles. The van der Waals surface area contributed by atoms with Crippen molar-refractivity contribution in [2.75, 3.05) is 19.6 Å². The van der Waals surface area contributed by atoms with E-state index in [2.05, 4.69) is 26.6 Å². The van der Waals surface area contributed by atoms with Crippen LogP contribution in [0, 0.1) is 5.41 Å². The summed E-state index contributed by atoms with van der Waals surface area (Å²) in [4.78, 5) is 77.1. The van der Waals surface area contributed by atoms with E-state index in [1.165, 1.54) is 0 Å². The van der Waals surface area contributed by atoms with Gasteiger partial charge in [0.05, 0.1) is 6.54 Å². The molecule has 2 rings (SSSR count). The van der Waals surface area contributed by atoms with Crippen molar-refractivity contribution in [1.82, 2.24) is 31.9 Å². The minimum Gasteiger partial charge on any atom is -0.479 e. The standard InChI is InChI=1S/C26H39N9O7/c27-11-5-4-9-17-22(38)32-16(10-6-12-30-26(28)29)21(37)31-14-19(36)35-20(25(41)42)24(40)34-18(23(39)33-17)13-15-7-2-1-3-8-15/h1-3,7-8,16-18,20H,4-6,9-14,27H2,(H,31,37)(H,32,38)(H,33,39)(H,34,40)(H,35,36)(H,41,42)(H4,28,29,30)/t16-,17-,18+,20+/m1/s1. The normalized spacial score (nSPS) is 22.3. The molecule has 0 radical (unpaired) electrons. The predicted octanol–water partition coefficient (Wildman–Crippen LogP) is -3.23. The van der Waals surface area contributed by atoms with Gasteiger partial charge in [0.25, 0.3) is 5.91 Å². The van der Waals surface area contributed by atoms with Crippen molar-refractivity contribution < 1.29 is 33.9 Å². The third kappa shape index (κ3) is 11.4. The van der Waals surface area contributed by atoms with Gasteiger partial charge >= 0.3 is 5.97 Å². The van der Waals surface area contributed by atoms with Crippen molar-refractivity contribution in [3.63, 3.8) is 0 Å². The number of amides is 5. The zero-order valence-corrected chi connectivity index (χ0v) is 23.1. The number of nitrogens with one attached hydrogen (secondary N) is 7. The minimum absolute atomic E-state index is 0.0400. The summed E-state index contributed by atoms with van der Waals surface area (Å²) in [6.45, 7) is -0.110. The van der Waals surface area contributed by atoms with Gasteiger partial charge in [-0.3, -0.25) is 29.4 Å². The molecular formula is C26H39N9O7. The van der Waals surface area contributed by atoms with Crippen LogP contribution in [0.3, 0.4) is 0 Å². The maximum Gasteiger partial charge on any atom is 0.336 e. The molecule has 0 aromatic heterocycles. The maximum absolute atomic E-state index is 13.5. The molecule has 230 valence electrons. The first-order chi connectivity index (χ1) is 20.0. The Hall–Kier alpha value is -4.73. The van der Waals surface area contributed by atoms with Crippen LogP contribution in [0.1, 0.15) is 37.7 Å². The Bertz CT molecular complexity index is 1130.